The van der Waals surface area contributed by atoms with E-state index < -0.39 is 29.3 Å². The summed E-state index contributed by atoms with van der Waals surface area (Å²) < 4.78 is 13.5. The standard InChI is InChI=1S/C23H24ClFN2O3/c1-3-26(4-2)13-14-27-20(15-7-11-18(25)12-8-15)19(22(29)23(27)30)21(28)16-5-9-17(24)10-6-16/h5-12,20,28H,3-4,13-14H2,1-2H3. The molecular weight excluding hydrogens is 407 g/mol. The summed E-state index contributed by atoms with van der Waals surface area (Å²) in [6.45, 7) is 6.83. The molecule has 1 aliphatic heterocycles. The van der Waals surface area contributed by atoms with Crippen LogP contribution in [0.2, 0.25) is 5.02 Å². The lowest BCUT2D eigenvalue weighted by atomic mass is 9.95. The number of rotatable bonds is 7. The van der Waals surface area contributed by atoms with Gasteiger partial charge in [0.05, 0.1) is 32.2 Å². The van der Waals surface area contributed by atoms with Crippen LogP contribution in [0.1, 0.15) is 31.0 Å². The fraction of sp³-hybridized carbons (Fsp3) is 0.304. The highest BCUT2D eigenvalue weighted by atomic mass is 35.5. The molecule has 5 nitrogen and oxygen atoms in total. The Kier molecular flexibility index (Phi) is 6.90. The van der Waals surface area contributed by atoms with Crippen LogP contribution in [0.4, 0.5) is 4.39 Å². The van der Waals surface area contributed by atoms with E-state index in [0.29, 0.717) is 23.7 Å². The van der Waals surface area contributed by atoms with E-state index in [1.54, 1.807) is 12.1 Å². The average Bonchev–Trinajstić information content (AvgIpc) is 3.00. The van der Waals surface area contributed by atoms with E-state index >= 15 is 0 Å². The highest BCUT2D eigenvalue weighted by molar-refractivity contribution is 6.46. The van der Waals surface area contributed by atoms with Gasteiger partial charge in [0, 0.05) is 10.6 Å². The number of hydrogen-bond donors (Lipinski definition) is 1. The molecule has 1 amide bonds. The molecule has 158 valence electrons. The number of halogens is 2. The first-order valence-electron chi connectivity index (χ1n) is 9.98. The Labute approximate surface area is 180 Å². The van der Waals surface area contributed by atoms with Crippen LogP contribution in [-0.2, 0) is 9.59 Å². The van der Waals surface area contributed by atoms with Crippen LogP contribution in [0, 0.1) is 5.82 Å². The maximum absolute atomic E-state index is 13.5. The number of carbonyl (C=O) groups is 2. The second kappa shape index (κ2) is 9.41. The van der Waals surface area contributed by atoms with E-state index in [-0.39, 0.29) is 11.1 Å². The predicted molar refractivity (Wildman–Crippen MR) is 111 cm³/mol. The van der Waals surface area contributed by atoms with Gasteiger partial charge in [0.25, 0.3) is 5.91 Å². The van der Waals surface area contributed by atoms with Gasteiger partial charge in [0.2, 0.25) is 5.78 Å². The summed E-state index contributed by atoms with van der Waals surface area (Å²) in [7, 11) is 0. The SMILES string of the molecule is CC[NH+](CC)CCN1C(=O)C(=O)C(=C([O-])c2ccc(Cl)cc2)C1c1ccc(F)cc1. The number of carbonyl (C=O) groups excluding carboxylic acids is 2. The minimum Gasteiger partial charge on any atom is -0.872 e. The second-order valence-corrected chi connectivity index (χ2v) is 7.67. The monoisotopic (exact) mass is 430 g/mol. The fourth-order valence-corrected chi connectivity index (χ4v) is 3.86. The van der Waals surface area contributed by atoms with E-state index in [1.807, 2.05) is 0 Å². The van der Waals surface area contributed by atoms with Gasteiger partial charge < -0.3 is 14.9 Å². The number of likely N-dealkylation sites (tertiary alicyclic amines) is 1. The lowest BCUT2D eigenvalue weighted by Gasteiger charge is -2.28. The molecule has 0 spiro atoms. The normalized spacial score (nSPS) is 18.4. The Hall–Kier alpha value is -2.70. The predicted octanol–water partition coefficient (Wildman–Crippen LogP) is 1.63. The summed E-state index contributed by atoms with van der Waals surface area (Å²) in [5, 5.41) is 13.7. The van der Waals surface area contributed by atoms with Crippen molar-refractivity contribution in [2.45, 2.75) is 19.9 Å². The molecule has 1 heterocycles. The number of likely N-dealkylation sites (N-methyl/N-ethyl adjacent to an activating group) is 1. The van der Waals surface area contributed by atoms with Gasteiger partial charge in [0.1, 0.15) is 5.82 Å². The summed E-state index contributed by atoms with van der Waals surface area (Å²) in [6.07, 6.45) is 0. The average molecular weight is 431 g/mol. The van der Waals surface area contributed by atoms with E-state index in [9.17, 15) is 19.1 Å². The van der Waals surface area contributed by atoms with Gasteiger partial charge >= 0.3 is 0 Å². The molecule has 1 saturated heterocycles. The lowest BCUT2D eigenvalue weighted by Crippen LogP contribution is -3.12. The quantitative estimate of drug-likeness (QED) is 0.412. The van der Waals surface area contributed by atoms with Crippen molar-refractivity contribution in [1.82, 2.24) is 4.90 Å². The van der Waals surface area contributed by atoms with E-state index in [1.165, 1.54) is 46.2 Å². The smallest absolute Gasteiger partial charge is 0.295 e. The Morgan fingerprint density at radius 1 is 1.07 bits per heavy atom. The molecule has 0 saturated carbocycles. The number of hydrogen-bond acceptors (Lipinski definition) is 3. The summed E-state index contributed by atoms with van der Waals surface area (Å²) in [5.41, 5.74) is 0.699. The molecule has 1 atom stereocenters. The molecule has 1 aliphatic rings. The second-order valence-electron chi connectivity index (χ2n) is 7.24. The van der Waals surface area contributed by atoms with Crippen LogP contribution in [0.5, 0.6) is 0 Å². The van der Waals surface area contributed by atoms with Crippen LogP contribution >= 0.6 is 11.6 Å². The van der Waals surface area contributed by atoms with Crippen molar-refractivity contribution in [1.29, 1.82) is 0 Å². The third kappa shape index (κ3) is 4.40. The van der Waals surface area contributed by atoms with Gasteiger partial charge in [-0.15, -0.1) is 0 Å². The van der Waals surface area contributed by atoms with Crippen molar-refractivity contribution < 1.29 is 24.0 Å². The number of Topliss-reactive ketones (excluding diaryl/α,β-unsaturated/α-hetero) is 1. The summed E-state index contributed by atoms with van der Waals surface area (Å²) in [4.78, 5) is 28.4. The summed E-state index contributed by atoms with van der Waals surface area (Å²) in [5.74, 6) is -2.46. The third-order valence-electron chi connectivity index (χ3n) is 5.53. The number of nitrogens with one attached hydrogen (secondary N) is 1. The van der Waals surface area contributed by atoms with E-state index in [2.05, 4.69) is 13.8 Å². The first-order chi connectivity index (χ1) is 14.4. The molecule has 0 aliphatic carbocycles. The van der Waals surface area contributed by atoms with Crippen molar-refractivity contribution in [3.05, 3.63) is 76.1 Å². The zero-order chi connectivity index (χ0) is 21.8. The van der Waals surface area contributed by atoms with Gasteiger partial charge in [-0.1, -0.05) is 41.6 Å². The molecule has 1 unspecified atom stereocenters. The summed E-state index contributed by atoms with van der Waals surface area (Å²) in [6, 6.07) is 10.9. The van der Waals surface area contributed by atoms with Gasteiger partial charge in [-0.2, -0.15) is 0 Å². The van der Waals surface area contributed by atoms with Crippen molar-refractivity contribution in [2.75, 3.05) is 26.2 Å². The van der Waals surface area contributed by atoms with Gasteiger partial charge in [0.15, 0.2) is 0 Å². The molecule has 2 aromatic carbocycles. The molecule has 0 aromatic heterocycles. The number of amides is 1. The minimum absolute atomic E-state index is 0.108. The van der Waals surface area contributed by atoms with Gasteiger partial charge in [-0.3, -0.25) is 9.59 Å². The molecule has 7 heteroatoms. The molecule has 3 rings (SSSR count). The van der Waals surface area contributed by atoms with Crippen LogP contribution in [0.15, 0.2) is 54.1 Å². The first-order valence-corrected chi connectivity index (χ1v) is 10.4. The molecule has 1 N–H and O–H groups in total. The lowest BCUT2D eigenvalue weighted by molar-refractivity contribution is -0.895. The molecule has 0 bridgehead atoms. The van der Waals surface area contributed by atoms with Crippen molar-refractivity contribution in [3.63, 3.8) is 0 Å². The van der Waals surface area contributed by atoms with Crippen LogP contribution in [-0.4, -0.2) is 42.8 Å². The molecule has 1 fully saturated rings. The van der Waals surface area contributed by atoms with Crippen LogP contribution < -0.4 is 10.0 Å². The fourth-order valence-electron chi connectivity index (χ4n) is 3.73. The zero-order valence-corrected chi connectivity index (χ0v) is 17.7. The Balaban J connectivity index is 2.08. The zero-order valence-electron chi connectivity index (χ0n) is 17.0. The van der Waals surface area contributed by atoms with Crippen molar-refractivity contribution in [3.8, 4) is 0 Å². The van der Waals surface area contributed by atoms with E-state index in [4.69, 9.17) is 11.6 Å². The van der Waals surface area contributed by atoms with Crippen LogP contribution in [0.25, 0.3) is 5.76 Å². The van der Waals surface area contributed by atoms with Crippen molar-refractivity contribution in [2.24, 2.45) is 0 Å². The molecular formula is C23H24ClFN2O3. The Bertz CT molecular complexity index is 953. The van der Waals surface area contributed by atoms with Gasteiger partial charge in [-0.25, -0.2) is 4.39 Å². The number of nitrogens with zero attached hydrogens (tertiary/aromatic N) is 1. The van der Waals surface area contributed by atoms with Gasteiger partial charge in [-0.05, 0) is 49.2 Å². The third-order valence-corrected chi connectivity index (χ3v) is 5.78. The number of benzene rings is 2. The Morgan fingerprint density at radius 3 is 2.23 bits per heavy atom. The molecule has 30 heavy (non-hydrogen) atoms. The largest absolute Gasteiger partial charge is 0.872 e. The van der Waals surface area contributed by atoms with Crippen LogP contribution in [0.3, 0.4) is 0 Å². The highest BCUT2D eigenvalue weighted by Crippen LogP contribution is 2.38. The topological polar surface area (TPSA) is 64.9 Å². The van der Waals surface area contributed by atoms with E-state index in [0.717, 1.165) is 13.1 Å². The first kappa shape index (κ1) is 22.0. The van der Waals surface area contributed by atoms with Crippen molar-refractivity contribution >= 4 is 29.1 Å². The maximum atomic E-state index is 13.5. The maximum Gasteiger partial charge on any atom is 0.295 e. The molecule has 0 radical (unpaired) electrons. The summed E-state index contributed by atoms with van der Waals surface area (Å²) >= 11 is 5.90. The minimum atomic E-state index is -0.844. The highest BCUT2D eigenvalue weighted by Gasteiger charge is 2.44. The molecule has 2 aromatic rings. The number of ketones is 1. The Morgan fingerprint density at radius 2 is 1.67 bits per heavy atom. The number of quaternary nitrogens is 1.